The van der Waals surface area contributed by atoms with Gasteiger partial charge in [0.05, 0.1) is 24.1 Å². The second kappa shape index (κ2) is 10.4. The number of carbonyl (C=O) groups excluding carboxylic acids is 1. The van der Waals surface area contributed by atoms with E-state index in [-0.39, 0.29) is 11.5 Å². The molecule has 0 spiro atoms. The maximum absolute atomic E-state index is 13.7. The van der Waals surface area contributed by atoms with Crippen molar-refractivity contribution in [2.24, 2.45) is 0 Å². The summed E-state index contributed by atoms with van der Waals surface area (Å²) in [7, 11) is -2.32. The van der Waals surface area contributed by atoms with E-state index in [1.807, 2.05) is 49.4 Å². The van der Waals surface area contributed by atoms with E-state index in [1.54, 1.807) is 63.6 Å². The SMILES string of the molecule is CCOC(=O)/C(C)=C\C(c1ccccc1)c1cn(S(=O)(=O)c2ccc(C)cc2)c2ccc(OC)cc12. The summed E-state index contributed by atoms with van der Waals surface area (Å²) in [6, 6.07) is 21.7. The molecule has 1 atom stereocenters. The van der Waals surface area contributed by atoms with Gasteiger partial charge < -0.3 is 9.47 Å². The van der Waals surface area contributed by atoms with Crippen LogP contribution in [0.1, 0.15) is 36.5 Å². The van der Waals surface area contributed by atoms with Crippen LogP contribution in [0.25, 0.3) is 10.9 Å². The standard InChI is InChI=1S/C29H29NO5S/c1-5-35-29(31)21(3)17-25(22-9-7-6-8-10-22)27-19-30(28-16-13-23(34-4)18-26(27)28)36(32,33)24-14-11-20(2)12-15-24/h6-19,25H,5H2,1-4H3/b21-17-. The van der Waals surface area contributed by atoms with Crippen molar-refractivity contribution in [2.45, 2.75) is 31.6 Å². The van der Waals surface area contributed by atoms with Crippen LogP contribution in [0.4, 0.5) is 0 Å². The van der Waals surface area contributed by atoms with E-state index in [1.165, 1.54) is 3.97 Å². The number of fused-ring (bicyclic) bond motifs is 1. The second-order valence-corrected chi connectivity index (χ2v) is 10.4. The van der Waals surface area contributed by atoms with Crippen molar-refractivity contribution >= 4 is 26.9 Å². The maximum atomic E-state index is 13.7. The number of aryl methyl sites for hydroxylation is 1. The molecule has 6 nitrogen and oxygen atoms in total. The largest absolute Gasteiger partial charge is 0.497 e. The molecule has 1 aromatic heterocycles. The molecular formula is C29H29NO5S. The maximum Gasteiger partial charge on any atom is 0.333 e. The van der Waals surface area contributed by atoms with Crippen molar-refractivity contribution in [3.8, 4) is 5.75 Å². The Kier molecular flexibility index (Phi) is 7.31. The summed E-state index contributed by atoms with van der Waals surface area (Å²) in [5.41, 5.74) is 3.58. The molecule has 0 aliphatic carbocycles. The molecule has 1 heterocycles. The van der Waals surface area contributed by atoms with Gasteiger partial charge in [0.15, 0.2) is 0 Å². The fraction of sp³-hybridized carbons (Fsp3) is 0.207. The normalized spacial score (nSPS) is 12.9. The number of benzene rings is 3. The fourth-order valence-corrected chi connectivity index (χ4v) is 5.57. The molecule has 0 aliphatic rings. The highest BCUT2D eigenvalue weighted by atomic mass is 32.2. The van der Waals surface area contributed by atoms with Crippen LogP contribution in [-0.2, 0) is 19.6 Å². The molecule has 4 aromatic rings. The van der Waals surface area contributed by atoms with Crippen molar-refractivity contribution < 1.29 is 22.7 Å². The van der Waals surface area contributed by atoms with Gasteiger partial charge in [0.1, 0.15) is 5.75 Å². The van der Waals surface area contributed by atoms with Gasteiger partial charge >= 0.3 is 5.97 Å². The molecule has 0 radical (unpaired) electrons. The van der Waals surface area contributed by atoms with Crippen molar-refractivity contribution in [3.63, 3.8) is 0 Å². The monoisotopic (exact) mass is 503 g/mol. The van der Waals surface area contributed by atoms with Gasteiger partial charge in [0.25, 0.3) is 10.0 Å². The van der Waals surface area contributed by atoms with Gasteiger partial charge in [-0.15, -0.1) is 0 Å². The molecule has 0 saturated carbocycles. The Morgan fingerprint density at radius 3 is 2.36 bits per heavy atom. The number of aromatic nitrogens is 1. The summed E-state index contributed by atoms with van der Waals surface area (Å²) in [5, 5.41) is 0.715. The molecule has 7 heteroatoms. The third-order valence-corrected chi connectivity index (χ3v) is 7.78. The highest BCUT2D eigenvalue weighted by Crippen LogP contribution is 2.37. The molecule has 0 fully saturated rings. The Labute approximate surface area is 211 Å². The van der Waals surface area contributed by atoms with E-state index in [0.717, 1.165) is 16.7 Å². The summed E-state index contributed by atoms with van der Waals surface area (Å²) >= 11 is 0. The lowest BCUT2D eigenvalue weighted by atomic mass is 9.89. The Bertz CT molecular complexity index is 1520. The first-order chi connectivity index (χ1) is 17.3. The Hall–Kier alpha value is -3.84. The lowest BCUT2D eigenvalue weighted by Gasteiger charge is -2.15. The molecule has 0 bridgehead atoms. The molecule has 0 saturated heterocycles. The van der Waals surface area contributed by atoms with Crippen LogP contribution in [0, 0.1) is 6.92 Å². The smallest absolute Gasteiger partial charge is 0.333 e. The first-order valence-electron chi connectivity index (χ1n) is 11.7. The molecule has 4 rings (SSSR count). The van der Waals surface area contributed by atoms with Gasteiger partial charge in [-0.05, 0) is 62.2 Å². The number of hydrogen-bond acceptors (Lipinski definition) is 5. The van der Waals surface area contributed by atoms with Crippen molar-refractivity contribution in [2.75, 3.05) is 13.7 Å². The highest BCUT2D eigenvalue weighted by molar-refractivity contribution is 7.90. The minimum absolute atomic E-state index is 0.196. The number of allylic oxidation sites excluding steroid dienone is 1. The predicted octanol–water partition coefficient (Wildman–Crippen LogP) is 5.84. The fourth-order valence-electron chi connectivity index (χ4n) is 4.19. The highest BCUT2D eigenvalue weighted by Gasteiger charge is 2.26. The predicted molar refractivity (Wildman–Crippen MR) is 141 cm³/mol. The van der Waals surface area contributed by atoms with E-state index in [0.29, 0.717) is 22.2 Å². The Balaban J connectivity index is 1.99. The van der Waals surface area contributed by atoms with Crippen LogP contribution in [0.5, 0.6) is 5.75 Å². The number of hydrogen-bond donors (Lipinski definition) is 0. The van der Waals surface area contributed by atoms with Crippen LogP contribution < -0.4 is 4.74 Å². The molecule has 0 aliphatic heterocycles. The third-order valence-electron chi connectivity index (χ3n) is 6.09. The first kappa shape index (κ1) is 25.3. The quantitative estimate of drug-likeness (QED) is 0.223. The summed E-state index contributed by atoms with van der Waals surface area (Å²) in [5.74, 6) is -0.209. The number of methoxy groups -OCH3 is 1. The minimum Gasteiger partial charge on any atom is -0.497 e. The molecule has 0 N–H and O–H groups in total. The average molecular weight is 504 g/mol. The van der Waals surface area contributed by atoms with Gasteiger partial charge in [-0.2, -0.15) is 0 Å². The zero-order chi connectivity index (χ0) is 25.9. The number of esters is 1. The molecule has 1 unspecified atom stereocenters. The van der Waals surface area contributed by atoms with Crippen molar-refractivity contribution in [1.29, 1.82) is 0 Å². The lowest BCUT2D eigenvalue weighted by Crippen LogP contribution is -2.12. The summed E-state index contributed by atoms with van der Waals surface area (Å²) < 4.78 is 39.5. The first-order valence-corrected chi connectivity index (χ1v) is 13.1. The zero-order valence-corrected chi connectivity index (χ0v) is 21.6. The van der Waals surface area contributed by atoms with E-state index in [4.69, 9.17) is 9.47 Å². The van der Waals surface area contributed by atoms with Crippen LogP contribution in [-0.4, -0.2) is 32.1 Å². The summed E-state index contributed by atoms with van der Waals surface area (Å²) in [4.78, 5) is 12.7. The Morgan fingerprint density at radius 1 is 1.03 bits per heavy atom. The number of ether oxygens (including phenoxy) is 2. The number of nitrogens with zero attached hydrogens (tertiary/aromatic N) is 1. The van der Waals surface area contributed by atoms with Gasteiger partial charge in [-0.1, -0.05) is 54.1 Å². The molecule has 186 valence electrons. The number of carbonyl (C=O) groups is 1. The summed E-state index contributed by atoms with van der Waals surface area (Å²) in [6.07, 6.45) is 3.47. The minimum atomic E-state index is -3.89. The Morgan fingerprint density at radius 2 is 1.72 bits per heavy atom. The van der Waals surface area contributed by atoms with Crippen LogP contribution in [0.2, 0.25) is 0 Å². The second-order valence-electron chi connectivity index (χ2n) is 8.54. The average Bonchev–Trinajstić information content (AvgIpc) is 3.27. The van der Waals surface area contributed by atoms with Gasteiger partial charge in [-0.25, -0.2) is 17.2 Å². The van der Waals surface area contributed by atoms with E-state index in [9.17, 15) is 13.2 Å². The van der Waals surface area contributed by atoms with E-state index < -0.39 is 21.9 Å². The lowest BCUT2D eigenvalue weighted by molar-refractivity contribution is -0.138. The van der Waals surface area contributed by atoms with Crippen molar-refractivity contribution in [3.05, 3.63) is 107 Å². The van der Waals surface area contributed by atoms with Crippen LogP contribution in [0.15, 0.2) is 95.5 Å². The molecule has 0 amide bonds. The molecule has 36 heavy (non-hydrogen) atoms. The van der Waals surface area contributed by atoms with E-state index in [2.05, 4.69) is 0 Å². The zero-order valence-electron chi connectivity index (χ0n) is 20.8. The van der Waals surface area contributed by atoms with Crippen LogP contribution >= 0.6 is 0 Å². The molecular weight excluding hydrogens is 474 g/mol. The number of rotatable bonds is 8. The molecule has 3 aromatic carbocycles. The van der Waals surface area contributed by atoms with Gasteiger partial charge in [0, 0.05) is 23.1 Å². The summed E-state index contributed by atoms with van der Waals surface area (Å²) in [6.45, 7) is 5.65. The van der Waals surface area contributed by atoms with Gasteiger partial charge in [-0.3, -0.25) is 0 Å². The third kappa shape index (κ3) is 4.93. The topological polar surface area (TPSA) is 74.6 Å². The van der Waals surface area contributed by atoms with Crippen molar-refractivity contribution in [1.82, 2.24) is 3.97 Å². The van der Waals surface area contributed by atoms with Gasteiger partial charge in [0.2, 0.25) is 0 Å². The van der Waals surface area contributed by atoms with Crippen LogP contribution in [0.3, 0.4) is 0 Å². The van der Waals surface area contributed by atoms with E-state index >= 15 is 0 Å².